The Hall–Kier alpha value is -1.88. The molecule has 17 heavy (non-hydrogen) atoms. The summed E-state index contributed by atoms with van der Waals surface area (Å²) >= 11 is 0. The molecule has 0 atom stereocenters. The molecule has 2 rings (SSSR count). The molecule has 5 heteroatoms. The summed E-state index contributed by atoms with van der Waals surface area (Å²) in [6.07, 6.45) is 1.49. The lowest BCUT2D eigenvalue weighted by Gasteiger charge is -2.12. The van der Waals surface area contributed by atoms with Gasteiger partial charge in [0, 0.05) is 0 Å². The third kappa shape index (κ3) is 2.14. The lowest BCUT2D eigenvalue weighted by molar-refractivity contribution is 0.262. The van der Waals surface area contributed by atoms with Gasteiger partial charge in [-0.05, 0) is 31.0 Å². The Bertz CT molecular complexity index is 584. The lowest BCUT2D eigenvalue weighted by atomic mass is 10.1. The van der Waals surface area contributed by atoms with E-state index in [0.717, 1.165) is 16.8 Å². The zero-order chi connectivity index (χ0) is 12.4. The van der Waals surface area contributed by atoms with Gasteiger partial charge in [0.25, 0.3) is 0 Å². The minimum absolute atomic E-state index is 0.0868. The number of nitrogens with zero attached hydrogens (tertiary/aromatic N) is 3. The first kappa shape index (κ1) is 11.6. The second kappa shape index (κ2) is 4.55. The summed E-state index contributed by atoms with van der Waals surface area (Å²) in [6.45, 7) is 4.12. The van der Waals surface area contributed by atoms with E-state index in [1.807, 2.05) is 32.0 Å². The van der Waals surface area contributed by atoms with Crippen molar-refractivity contribution < 1.29 is 5.11 Å². The third-order valence-corrected chi connectivity index (χ3v) is 2.68. The Kier molecular flexibility index (Phi) is 3.10. The molecule has 1 N–H and O–H groups in total. The molecule has 0 saturated carbocycles. The number of hydrogen-bond donors (Lipinski definition) is 1. The Morgan fingerprint density at radius 2 is 2.12 bits per heavy atom. The van der Waals surface area contributed by atoms with Crippen molar-refractivity contribution in [2.24, 2.45) is 0 Å². The van der Waals surface area contributed by atoms with Gasteiger partial charge in [0.2, 0.25) is 0 Å². The molecule has 0 radical (unpaired) electrons. The van der Waals surface area contributed by atoms with Gasteiger partial charge in [0.1, 0.15) is 6.33 Å². The number of aromatic nitrogens is 3. The van der Waals surface area contributed by atoms with E-state index in [0.29, 0.717) is 0 Å². The molecule has 0 aliphatic rings. The van der Waals surface area contributed by atoms with Gasteiger partial charge in [-0.25, -0.2) is 14.2 Å². The van der Waals surface area contributed by atoms with Gasteiger partial charge in [-0.15, -0.1) is 0 Å². The molecule has 0 bridgehead atoms. The van der Waals surface area contributed by atoms with E-state index in [9.17, 15) is 4.79 Å². The normalized spacial score (nSPS) is 10.8. The summed E-state index contributed by atoms with van der Waals surface area (Å²) in [5.41, 5.74) is 2.73. The number of benzene rings is 1. The second-order valence-corrected chi connectivity index (χ2v) is 4.01. The van der Waals surface area contributed by atoms with Crippen LogP contribution in [-0.2, 0) is 6.54 Å². The van der Waals surface area contributed by atoms with Crippen molar-refractivity contribution in [3.8, 4) is 5.69 Å². The molecular weight excluding hydrogens is 218 g/mol. The number of hydrogen-bond acceptors (Lipinski definition) is 3. The summed E-state index contributed by atoms with van der Waals surface area (Å²) in [5.74, 6) is 0. The molecule has 0 aliphatic heterocycles. The van der Waals surface area contributed by atoms with Crippen molar-refractivity contribution in [3.05, 3.63) is 46.1 Å². The van der Waals surface area contributed by atoms with Gasteiger partial charge in [-0.3, -0.25) is 0 Å². The van der Waals surface area contributed by atoms with Crippen LogP contribution in [0, 0.1) is 13.8 Å². The third-order valence-electron chi connectivity index (χ3n) is 2.68. The maximum Gasteiger partial charge on any atom is 0.364 e. The largest absolute Gasteiger partial charge is 0.394 e. The van der Waals surface area contributed by atoms with Gasteiger partial charge in [0.15, 0.2) is 0 Å². The lowest BCUT2D eigenvalue weighted by Crippen LogP contribution is -2.25. The molecule has 0 amide bonds. The summed E-state index contributed by atoms with van der Waals surface area (Å²) in [4.78, 5) is 15.3. The smallest absolute Gasteiger partial charge is 0.364 e. The summed E-state index contributed by atoms with van der Waals surface area (Å²) < 4.78 is 3.10. The van der Waals surface area contributed by atoms with Gasteiger partial charge < -0.3 is 5.11 Å². The Labute approximate surface area is 98.9 Å². The Morgan fingerprint density at radius 3 is 2.82 bits per heavy atom. The summed E-state index contributed by atoms with van der Waals surface area (Å²) in [7, 11) is 0. The molecule has 0 spiro atoms. The number of aliphatic hydroxyl groups excluding tert-OH is 1. The average molecular weight is 233 g/mol. The van der Waals surface area contributed by atoms with E-state index >= 15 is 0 Å². The van der Waals surface area contributed by atoms with Gasteiger partial charge in [0.05, 0.1) is 18.8 Å². The fourth-order valence-corrected chi connectivity index (χ4v) is 1.78. The molecular formula is C12H15N3O2. The second-order valence-electron chi connectivity index (χ2n) is 4.01. The monoisotopic (exact) mass is 233 g/mol. The van der Waals surface area contributed by atoms with Crippen LogP contribution in [0.5, 0.6) is 0 Å². The average Bonchev–Trinajstić information content (AvgIpc) is 2.65. The summed E-state index contributed by atoms with van der Waals surface area (Å²) in [5, 5.41) is 8.96. The first-order valence-electron chi connectivity index (χ1n) is 5.46. The molecule has 2 aromatic rings. The fraction of sp³-hybridized carbons (Fsp3) is 0.333. The molecule has 1 aromatic heterocycles. The minimum atomic E-state index is -0.347. The van der Waals surface area contributed by atoms with Crippen molar-refractivity contribution in [3.63, 3.8) is 0 Å². The van der Waals surface area contributed by atoms with Crippen molar-refractivity contribution in [1.82, 2.24) is 14.3 Å². The minimum Gasteiger partial charge on any atom is -0.394 e. The zero-order valence-electron chi connectivity index (χ0n) is 9.92. The maximum absolute atomic E-state index is 11.5. The van der Waals surface area contributed by atoms with E-state index in [-0.39, 0.29) is 18.8 Å². The topological polar surface area (TPSA) is 60.0 Å². The molecule has 0 fully saturated rings. The van der Waals surface area contributed by atoms with Crippen LogP contribution >= 0.6 is 0 Å². The summed E-state index contributed by atoms with van der Waals surface area (Å²) in [6, 6.07) is 6.01. The van der Waals surface area contributed by atoms with Gasteiger partial charge in [-0.2, -0.15) is 4.98 Å². The van der Waals surface area contributed by atoms with Crippen LogP contribution in [0.3, 0.4) is 0 Å². The molecule has 0 unspecified atom stereocenters. The van der Waals surface area contributed by atoms with E-state index in [4.69, 9.17) is 5.11 Å². The number of rotatable bonds is 3. The molecule has 0 saturated heterocycles. The highest BCUT2D eigenvalue weighted by molar-refractivity contribution is 5.42. The van der Waals surface area contributed by atoms with Crippen LogP contribution < -0.4 is 5.69 Å². The highest BCUT2D eigenvalue weighted by Gasteiger charge is 2.08. The van der Waals surface area contributed by atoms with Crippen LogP contribution in [0.4, 0.5) is 0 Å². The van der Waals surface area contributed by atoms with Crippen LogP contribution in [0.1, 0.15) is 11.1 Å². The molecule has 1 aromatic carbocycles. The van der Waals surface area contributed by atoms with Crippen LogP contribution in [0.2, 0.25) is 0 Å². The predicted molar refractivity (Wildman–Crippen MR) is 64.4 cm³/mol. The first-order valence-corrected chi connectivity index (χ1v) is 5.46. The fourth-order valence-electron chi connectivity index (χ4n) is 1.78. The van der Waals surface area contributed by atoms with E-state index < -0.39 is 0 Å². The van der Waals surface area contributed by atoms with Crippen molar-refractivity contribution >= 4 is 0 Å². The Balaban J connectivity index is 2.60. The number of aliphatic hydroxyl groups is 1. The molecule has 5 nitrogen and oxygen atoms in total. The van der Waals surface area contributed by atoms with Crippen LogP contribution in [0.15, 0.2) is 29.3 Å². The van der Waals surface area contributed by atoms with Gasteiger partial charge >= 0.3 is 5.69 Å². The predicted octanol–water partition coefficient (Wildman–Crippen LogP) is 0.643. The molecule has 90 valence electrons. The van der Waals surface area contributed by atoms with Crippen LogP contribution in [0.25, 0.3) is 5.69 Å². The SMILES string of the molecule is Cc1ccc(C)c(-n2cnc(=O)n2CCO)c1. The van der Waals surface area contributed by atoms with E-state index in [1.165, 1.54) is 11.0 Å². The van der Waals surface area contributed by atoms with E-state index in [1.54, 1.807) is 4.68 Å². The van der Waals surface area contributed by atoms with Crippen LogP contribution in [-0.4, -0.2) is 26.1 Å². The highest BCUT2D eigenvalue weighted by atomic mass is 16.3. The first-order chi connectivity index (χ1) is 8.13. The number of aryl methyl sites for hydroxylation is 2. The van der Waals surface area contributed by atoms with Crippen molar-refractivity contribution in [2.75, 3.05) is 6.61 Å². The van der Waals surface area contributed by atoms with Crippen molar-refractivity contribution in [1.29, 1.82) is 0 Å². The quantitative estimate of drug-likeness (QED) is 0.846. The van der Waals surface area contributed by atoms with Gasteiger partial charge in [-0.1, -0.05) is 12.1 Å². The standard InChI is InChI=1S/C12H15N3O2/c1-9-3-4-10(2)11(7-9)15-8-13-12(17)14(15)5-6-16/h3-4,7-8,16H,5-6H2,1-2H3. The highest BCUT2D eigenvalue weighted by Crippen LogP contribution is 2.14. The Morgan fingerprint density at radius 1 is 1.35 bits per heavy atom. The van der Waals surface area contributed by atoms with Crippen molar-refractivity contribution in [2.45, 2.75) is 20.4 Å². The zero-order valence-corrected chi connectivity index (χ0v) is 9.92. The molecule has 1 heterocycles. The van der Waals surface area contributed by atoms with E-state index in [2.05, 4.69) is 4.98 Å². The maximum atomic E-state index is 11.5. The molecule has 0 aliphatic carbocycles.